The molecule has 7 heteroatoms. The molecule has 0 saturated heterocycles. The summed E-state index contributed by atoms with van der Waals surface area (Å²) in [5.41, 5.74) is 2.19. The van der Waals surface area contributed by atoms with Crippen LogP contribution >= 0.6 is 0 Å². The molecule has 1 aromatic heterocycles. The Hall–Kier alpha value is -3.22. The van der Waals surface area contributed by atoms with Crippen molar-refractivity contribution in [1.29, 1.82) is 0 Å². The molecular formula is C26H34N4O3. The Labute approximate surface area is 195 Å². The van der Waals surface area contributed by atoms with Gasteiger partial charge in [0.05, 0.1) is 11.9 Å². The second-order valence-electron chi connectivity index (χ2n) is 9.26. The van der Waals surface area contributed by atoms with Crippen molar-refractivity contribution < 1.29 is 14.4 Å². The van der Waals surface area contributed by atoms with Crippen LogP contribution in [0.4, 0.5) is 11.5 Å². The number of carbonyl (C=O) groups is 3. The number of aromatic nitrogens is 1. The zero-order chi connectivity index (χ0) is 23.8. The molecule has 1 fully saturated rings. The molecule has 0 unspecified atom stereocenters. The number of anilines is 2. The van der Waals surface area contributed by atoms with Crippen molar-refractivity contribution in [3.05, 3.63) is 53.2 Å². The number of nitrogens with one attached hydrogen (secondary N) is 3. The lowest BCUT2D eigenvalue weighted by Gasteiger charge is -2.12. The number of rotatable bonds is 9. The minimum atomic E-state index is -0.313. The Balaban J connectivity index is 1.57. The van der Waals surface area contributed by atoms with Crippen LogP contribution < -0.4 is 16.0 Å². The summed E-state index contributed by atoms with van der Waals surface area (Å²) >= 11 is 0. The van der Waals surface area contributed by atoms with Crippen LogP contribution in [0, 0.1) is 18.8 Å². The minimum absolute atomic E-state index is 0.0942. The van der Waals surface area contributed by atoms with Gasteiger partial charge in [-0.05, 0) is 55.0 Å². The van der Waals surface area contributed by atoms with Gasteiger partial charge in [-0.25, -0.2) is 4.98 Å². The molecule has 0 spiro atoms. The number of nitrogens with zero attached hydrogens (tertiary/aromatic N) is 1. The topological polar surface area (TPSA) is 100 Å². The van der Waals surface area contributed by atoms with Gasteiger partial charge in [0.2, 0.25) is 5.91 Å². The Kier molecular flexibility index (Phi) is 8.58. The first-order valence-corrected chi connectivity index (χ1v) is 11.8. The van der Waals surface area contributed by atoms with Crippen LogP contribution in [0.5, 0.6) is 0 Å². The Morgan fingerprint density at radius 2 is 1.79 bits per heavy atom. The summed E-state index contributed by atoms with van der Waals surface area (Å²) in [7, 11) is 0. The molecule has 1 saturated carbocycles. The van der Waals surface area contributed by atoms with Crippen molar-refractivity contribution >= 4 is 29.2 Å². The molecule has 0 radical (unpaired) electrons. The van der Waals surface area contributed by atoms with Gasteiger partial charge in [-0.1, -0.05) is 45.6 Å². The number of amides is 3. The fourth-order valence-corrected chi connectivity index (χ4v) is 4.10. The van der Waals surface area contributed by atoms with Crippen LogP contribution in [0.15, 0.2) is 36.5 Å². The van der Waals surface area contributed by atoms with Gasteiger partial charge in [-0.15, -0.1) is 0 Å². The van der Waals surface area contributed by atoms with Gasteiger partial charge in [0.1, 0.15) is 5.82 Å². The molecule has 3 N–H and O–H groups in total. The molecule has 2 aromatic rings. The molecule has 0 bridgehead atoms. The Morgan fingerprint density at radius 3 is 2.45 bits per heavy atom. The lowest BCUT2D eigenvalue weighted by molar-refractivity contribution is -0.116. The normalized spacial score (nSPS) is 13.7. The summed E-state index contributed by atoms with van der Waals surface area (Å²) in [6, 6.07) is 8.49. The molecule has 176 valence electrons. The zero-order valence-corrected chi connectivity index (χ0v) is 19.7. The van der Waals surface area contributed by atoms with Crippen molar-refractivity contribution in [2.45, 2.75) is 59.3 Å². The van der Waals surface area contributed by atoms with E-state index in [2.05, 4.69) is 20.9 Å². The van der Waals surface area contributed by atoms with E-state index in [1.165, 1.54) is 31.9 Å². The highest BCUT2D eigenvalue weighted by Crippen LogP contribution is 2.27. The van der Waals surface area contributed by atoms with E-state index in [1.54, 1.807) is 30.3 Å². The molecule has 0 atom stereocenters. The third kappa shape index (κ3) is 7.41. The van der Waals surface area contributed by atoms with Crippen molar-refractivity contribution in [1.82, 2.24) is 10.3 Å². The van der Waals surface area contributed by atoms with Gasteiger partial charge in [-0.3, -0.25) is 14.4 Å². The number of hydrogen-bond donors (Lipinski definition) is 3. The van der Waals surface area contributed by atoms with E-state index in [1.807, 2.05) is 20.8 Å². The molecule has 1 aliphatic rings. The third-order valence-corrected chi connectivity index (χ3v) is 5.94. The molecular weight excluding hydrogens is 416 g/mol. The van der Waals surface area contributed by atoms with Gasteiger partial charge in [0.15, 0.2) is 0 Å². The quantitative estimate of drug-likeness (QED) is 0.504. The molecule has 0 aliphatic heterocycles. The third-order valence-electron chi connectivity index (χ3n) is 5.94. The fourth-order valence-electron chi connectivity index (χ4n) is 4.10. The summed E-state index contributed by atoms with van der Waals surface area (Å²) in [6.45, 7) is 6.44. The van der Waals surface area contributed by atoms with Gasteiger partial charge in [0.25, 0.3) is 11.8 Å². The number of aryl methyl sites for hydroxylation is 1. The highest BCUT2D eigenvalue weighted by atomic mass is 16.2. The summed E-state index contributed by atoms with van der Waals surface area (Å²) in [4.78, 5) is 41.5. The number of pyridine rings is 1. The van der Waals surface area contributed by atoms with Crippen LogP contribution in [0.1, 0.15) is 78.7 Å². The second-order valence-corrected chi connectivity index (χ2v) is 9.26. The first-order chi connectivity index (χ1) is 15.8. The van der Waals surface area contributed by atoms with E-state index in [0.717, 1.165) is 12.0 Å². The van der Waals surface area contributed by atoms with Crippen molar-refractivity contribution in [3.63, 3.8) is 0 Å². The zero-order valence-electron chi connectivity index (χ0n) is 19.7. The predicted molar refractivity (Wildman–Crippen MR) is 130 cm³/mol. The maximum atomic E-state index is 12.8. The summed E-state index contributed by atoms with van der Waals surface area (Å²) in [5.74, 6) is 0.844. The highest BCUT2D eigenvalue weighted by molar-refractivity contribution is 6.07. The van der Waals surface area contributed by atoms with E-state index < -0.39 is 0 Å². The summed E-state index contributed by atoms with van der Waals surface area (Å²) in [6.07, 6.45) is 8.02. The molecule has 1 heterocycles. The average molecular weight is 451 g/mol. The summed E-state index contributed by atoms with van der Waals surface area (Å²) < 4.78 is 0. The van der Waals surface area contributed by atoms with Gasteiger partial charge < -0.3 is 16.0 Å². The molecule has 1 aliphatic carbocycles. The first kappa shape index (κ1) is 24.4. The van der Waals surface area contributed by atoms with Crippen LogP contribution in [-0.4, -0.2) is 29.3 Å². The standard InChI is InChI=1S/C26H34N4O3/c1-17(2)14-24(31)30-23-11-10-21(16-28-23)29-26(33)22-15-20(9-8-18(22)3)25(32)27-13-12-19-6-4-5-7-19/h8-11,15-17,19H,4-7,12-14H2,1-3H3,(H,27,32)(H,29,33)(H,28,30,31). The average Bonchev–Trinajstić information content (AvgIpc) is 3.28. The van der Waals surface area contributed by atoms with Gasteiger partial charge >= 0.3 is 0 Å². The lowest BCUT2D eigenvalue weighted by atomic mass is 10.0. The maximum absolute atomic E-state index is 12.8. The maximum Gasteiger partial charge on any atom is 0.255 e. The highest BCUT2D eigenvalue weighted by Gasteiger charge is 2.17. The lowest BCUT2D eigenvalue weighted by Crippen LogP contribution is -2.26. The Morgan fingerprint density at radius 1 is 1.03 bits per heavy atom. The van der Waals surface area contributed by atoms with Crippen molar-refractivity contribution in [3.8, 4) is 0 Å². The second kappa shape index (κ2) is 11.6. The number of hydrogen-bond acceptors (Lipinski definition) is 4. The SMILES string of the molecule is Cc1ccc(C(=O)NCCC2CCCC2)cc1C(=O)Nc1ccc(NC(=O)CC(C)C)nc1. The van der Waals surface area contributed by atoms with E-state index in [9.17, 15) is 14.4 Å². The first-order valence-electron chi connectivity index (χ1n) is 11.8. The van der Waals surface area contributed by atoms with Crippen LogP contribution in [0.2, 0.25) is 0 Å². The minimum Gasteiger partial charge on any atom is -0.352 e. The molecule has 7 nitrogen and oxygen atoms in total. The smallest absolute Gasteiger partial charge is 0.255 e. The van der Waals surface area contributed by atoms with E-state index >= 15 is 0 Å². The fraction of sp³-hybridized carbons (Fsp3) is 0.462. The molecule has 1 aromatic carbocycles. The van der Waals surface area contributed by atoms with E-state index in [0.29, 0.717) is 41.5 Å². The predicted octanol–water partition coefficient (Wildman–Crippen LogP) is 4.94. The molecule has 33 heavy (non-hydrogen) atoms. The Bertz CT molecular complexity index is 980. The summed E-state index contributed by atoms with van der Waals surface area (Å²) in [5, 5.41) is 8.53. The van der Waals surface area contributed by atoms with E-state index in [4.69, 9.17) is 0 Å². The molecule has 3 rings (SSSR count). The van der Waals surface area contributed by atoms with Crippen LogP contribution in [0.3, 0.4) is 0 Å². The van der Waals surface area contributed by atoms with Crippen molar-refractivity contribution in [2.75, 3.05) is 17.2 Å². The van der Waals surface area contributed by atoms with Crippen molar-refractivity contribution in [2.24, 2.45) is 11.8 Å². The molecule has 3 amide bonds. The van der Waals surface area contributed by atoms with Crippen LogP contribution in [0.25, 0.3) is 0 Å². The number of carbonyl (C=O) groups excluding carboxylic acids is 3. The van der Waals surface area contributed by atoms with Gasteiger partial charge in [0, 0.05) is 24.1 Å². The monoisotopic (exact) mass is 450 g/mol. The number of benzene rings is 1. The van der Waals surface area contributed by atoms with Gasteiger partial charge in [-0.2, -0.15) is 0 Å². The largest absolute Gasteiger partial charge is 0.352 e. The van der Waals surface area contributed by atoms with Crippen LogP contribution in [-0.2, 0) is 4.79 Å². The van der Waals surface area contributed by atoms with E-state index in [-0.39, 0.29) is 23.6 Å².